The van der Waals surface area contributed by atoms with Gasteiger partial charge >= 0.3 is 0 Å². The number of aryl methyl sites for hydroxylation is 2. The first-order valence-corrected chi connectivity index (χ1v) is 15.2. The van der Waals surface area contributed by atoms with Crippen molar-refractivity contribution >= 4 is 17.7 Å². The van der Waals surface area contributed by atoms with Crippen LogP contribution in [0.1, 0.15) is 51.1 Å². The fourth-order valence-electron chi connectivity index (χ4n) is 5.21. The normalized spacial score (nSPS) is 16.7. The van der Waals surface area contributed by atoms with E-state index in [1.54, 1.807) is 33.8 Å². The average molecular weight is 614 g/mol. The van der Waals surface area contributed by atoms with Gasteiger partial charge in [0.25, 0.3) is 11.8 Å². The molecule has 0 fully saturated rings. The number of fused-ring (bicyclic) bond motifs is 3. The number of nitrogens with one attached hydrogen (secondary N) is 3. The van der Waals surface area contributed by atoms with Crippen LogP contribution in [0.4, 0.5) is 0 Å². The molecule has 3 amide bonds. The molecule has 12 nitrogen and oxygen atoms in total. The van der Waals surface area contributed by atoms with Gasteiger partial charge in [-0.3, -0.25) is 19.1 Å². The number of aromatic nitrogens is 4. The number of carbonyl (C=O) groups is 3. The van der Waals surface area contributed by atoms with Gasteiger partial charge < -0.3 is 30.0 Å². The first-order chi connectivity index (χ1) is 21.9. The van der Waals surface area contributed by atoms with Gasteiger partial charge in [-0.15, -0.1) is 5.10 Å². The molecule has 5 rings (SSSR count). The van der Waals surface area contributed by atoms with Gasteiger partial charge in [-0.05, 0) is 36.2 Å². The SMILES string of the molecule is CCc1ccc(C(=O)N2CCNC(=O)[C@H](Cc3ccccc3)NC(=O)c3cccc(OC)c3OCCCn3cc(nn3)CC2)[nH]1. The largest absolute Gasteiger partial charge is 0.493 e. The summed E-state index contributed by atoms with van der Waals surface area (Å²) in [6, 6.07) is 17.4. The van der Waals surface area contributed by atoms with Gasteiger partial charge in [0.05, 0.1) is 25.0 Å². The van der Waals surface area contributed by atoms with Crippen molar-refractivity contribution in [1.29, 1.82) is 0 Å². The topological polar surface area (TPSA) is 143 Å². The number of ether oxygens (including phenoxy) is 2. The molecular weight excluding hydrogens is 574 g/mol. The summed E-state index contributed by atoms with van der Waals surface area (Å²) in [5.74, 6) is -0.274. The number of carbonyl (C=O) groups excluding carboxylic acids is 3. The molecule has 1 atom stereocenters. The Balaban J connectivity index is 1.41. The van der Waals surface area contributed by atoms with Crippen LogP contribution in [0.15, 0.2) is 66.9 Å². The summed E-state index contributed by atoms with van der Waals surface area (Å²) >= 11 is 0. The Morgan fingerprint density at radius 2 is 1.89 bits per heavy atom. The van der Waals surface area contributed by atoms with E-state index >= 15 is 0 Å². The van der Waals surface area contributed by atoms with Crippen molar-refractivity contribution in [3.63, 3.8) is 0 Å². The molecule has 3 heterocycles. The smallest absolute Gasteiger partial charge is 0.270 e. The summed E-state index contributed by atoms with van der Waals surface area (Å²) in [7, 11) is 1.51. The Bertz CT molecular complexity index is 1600. The molecule has 45 heavy (non-hydrogen) atoms. The minimum atomic E-state index is -0.880. The highest BCUT2D eigenvalue weighted by Gasteiger charge is 2.26. The lowest BCUT2D eigenvalue weighted by Gasteiger charge is -2.24. The number of hydrogen-bond donors (Lipinski definition) is 3. The van der Waals surface area contributed by atoms with Crippen molar-refractivity contribution in [1.82, 2.24) is 35.5 Å². The number of benzene rings is 2. The number of amides is 3. The van der Waals surface area contributed by atoms with E-state index in [4.69, 9.17) is 9.47 Å². The second kappa shape index (κ2) is 15.0. The molecule has 3 N–H and O–H groups in total. The maximum absolute atomic E-state index is 13.7. The highest BCUT2D eigenvalue weighted by atomic mass is 16.5. The van der Waals surface area contributed by atoms with Gasteiger partial charge in [0.1, 0.15) is 11.7 Å². The predicted octanol–water partition coefficient (Wildman–Crippen LogP) is 2.80. The van der Waals surface area contributed by atoms with E-state index in [2.05, 4.69) is 25.9 Å². The van der Waals surface area contributed by atoms with Crippen molar-refractivity contribution in [2.45, 2.75) is 45.2 Å². The fraction of sp³-hybridized carbons (Fsp3) is 0.364. The van der Waals surface area contributed by atoms with E-state index in [1.807, 2.05) is 49.5 Å². The quantitative estimate of drug-likeness (QED) is 0.314. The maximum Gasteiger partial charge on any atom is 0.270 e. The van der Waals surface area contributed by atoms with Gasteiger partial charge in [0.2, 0.25) is 5.91 Å². The van der Waals surface area contributed by atoms with E-state index in [0.29, 0.717) is 49.7 Å². The number of H-pyrrole nitrogens is 1. The Labute approximate surface area is 262 Å². The molecule has 4 aromatic rings. The zero-order valence-electron chi connectivity index (χ0n) is 25.6. The number of hydrogen-bond acceptors (Lipinski definition) is 7. The zero-order valence-corrected chi connectivity index (χ0v) is 25.6. The second-order valence-corrected chi connectivity index (χ2v) is 10.8. The molecule has 2 bridgehead atoms. The standard InChI is InChI=1S/C33H39N7O5/c1-3-24-13-14-27(35-24)33(43)39-18-15-25-22-40(38-37-25)17-8-20-45-30-26(11-7-12-29(30)44-2)31(41)36-28(32(42)34-16-19-39)21-23-9-5-4-6-10-23/h4-7,9-14,22,28,35H,3,8,15-21H2,1-2H3,(H,34,42)(H,36,41)/t28-/m0/s1. The molecule has 0 saturated carbocycles. The fourth-order valence-corrected chi connectivity index (χ4v) is 5.21. The third kappa shape index (κ3) is 8.08. The minimum Gasteiger partial charge on any atom is -0.493 e. The lowest BCUT2D eigenvalue weighted by Crippen LogP contribution is -2.50. The molecule has 0 spiro atoms. The van der Waals surface area contributed by atoms with Gasteiger partial charge in [-0.2, -0.15) is 0 Å². The van der Waals surface area contributed by atoms with E-state index in [-0.39, 0.29) is 36.9 Å². The van der Waals surface area contributed by atoms with Crippen LogP contribution in [0.25, 0.3) is 0 Å². The zero-order chi connectivity index (χ0) is 31.6. The second-order valence-electron chi connectivity index (χ2n) is 10.8. The molecule has 12 heteroatoms. The Kier molecular flexibility index (Phi) is 10.5. The number of nitrogens with zero attached hydrogens (tertiary/aromatic N) is 4. The molecule has 2 aromatic carbocycles. The van der Waals surface area contributed by atoms with Crippen molar-refractivity contribution in [3.8, 4) is 11.5 Å². The van der Waals surface area contributed by atoms with Gasteiger partial charge in [0.15, 0.2) is 11.5 Å². The van der Waals surface area contributed by atoms with Gasteiger partial charge in [-0.25, -0.2) is 0 Å². The molecular formula is C33H39N7O5. The van der Waals surface area contributed by atoms with Crippen molar-refractivity contribution in [2.24, 2.45) is 0 Å². The van der Waals surface area contributed by atoms with Crippen molar-refractivity contribution in [3.05, 3.63) is 95.1 Å². The summed E-state index contributed by atoms with van der Waals surface area (Å²) in [4.78, 5) is 45.6. The number of aromatic amines is 1. The number of para-hydroxylation sites is 1. The summed E-state index contributed by atoms with van der Waals surface area (Å²) in [6.45, 7) is 3.69. The first-order valence-electron chi connectivity index (χ1n) is 15.2. The summed E-state index contributed by atoms with van der Waals surface area (Å²) < 4.78 is 13.3. The number of rotatable bonds is 5. The third-order valence-corrected chi connectivity index (χ3v) is 7.68. The summed E-state index contributed by atoms with van der Waals surface area (Å²) in [5, 5.41) is 14.4. The molecule has 1 aliphatic rings. The van der Waals surface area contributed by atoms with Crippen LogP contribution in [-0.2, 0) is 30.6 Å². The summed E-state index contributed by atoms with van der Waals surface area (Å²) in [6.07, 6.45) is 4.01. The molecule has 236 valence electrons. The van der Waals surface area contributed by atoms with E-state index in [9.17, 15) is 14.4 Å². The summed E-state index contributed by atoms with van der Waals surface area (Å²) in [5.41, 5.74) is 3.36. The Morgan fingerprint density at radius 1 is 1.04 bits per heavy atom. The molecule has 2 aromatic heterocycles. The highest BCUT2D eigenvalue weighted by molar-refractivity contribution is 6.00. The van der Waals surface area contributed by atoms with Crippen LogP contribution in [0, 0.1) is 0 Å². The molecule has 0 unspecified atom stereocenters. The lowest BCUT2D eigenvalue weighted by atomic mass is 10.0. The minimum absolute atomic E-state index is 0.168. The predicted molar refractivity (Wildman–Crippen MR) is 167 cm³/mol. The van der Waals surface area contributed by atoms with Crippen LogP contribution in [0.3, 0.4) is 0 Å². The van der Waals surface area contributed by atoms with Crippen molar-refractivity contribution in [2.75, 3.05) is 33.4 Å². The maximum atomic E-state index is 13.7. The highest BCUT2D eigenvalue weighted by Crippen LogP contribution is 2.31. The molecule has 0 aliphatic carbocycles. The third-order valence-electron chi connectivity index (χ3n) is 7.68. The van der Waals surface area contributed by atoms with Crippen molar-refractivity contribution < 1.29 is 23.9 Å². The van der Waals surface area contributed by atoms with Crippen LogP contribution in [0.5, 0.6) is 11.5 Å². The van der Waals surface area contributed by atoms with Gasteiger partial charge in [0, 0.05) is 57.3 Å². The number of methoxy groups -OCH3 is 1. The van der Waals surface area contributed by atoms with Crippen LogP contribution < -0.4 is 20.1 Å². The lowest BCUT2D eigenvalue weighted by molar-refractivity contribution is -0.123. The van der Waals surface area contributed by atoms with E-state index < -0.39 is 11.9 Å². The van der Waals surface area contributed by atoms with Crippen LogP contribution >= 0.6 is 0 Å². The van der Waals surface area contributed by atoms with Gasteiger partial charge in [-0.1, -0.05) is 48.5 Å². The van der Waals surface area contributed by atoms with Crippen LogP contribution in [0.2, 0.25) is 0 Å². The molecule has 1 aliphatic heterocycles. The monoisotopic (exact) mass is 613 g/mol. The molecule has 0 radical (unpaired) electrons. The first kappa shape index (κ1) is 31.3. The Hall–Kier alpha value is -5.13. The Morgan fingerprint density at radius 3 is 2.67 bits per heavy atom. The van der Waals surface area contributed by atoms with E-state index in [0.717, 1.165) is 23.4 Å². The van der Waals surface area contributed by atoms with Crippen LogP contribution in [-0.4, -0.2) is 82.0 Å². The van der Waals surface area contributed by atoms with E-state index in [1.165, 1.54) is 7.11 Å². The average Bonchev–Trinajstić information content (AvgIpc) is 3.74. The molecule has 0 saturated heterocycles.